The molecule has 0 N–H and O–H groups in total. The Bertz CT molecular complexity index is 660. The van der Waals surface area contributed by atoms with Gasteiger partial charge >= 0.3 is 0 Å². The Morgan fingerprint density at radius 1 is 1.33 bits per heavy atom. The largest absolute Gasteiger partial charge is 0.339 e. The average molecular weight is 365 g/mol. The van der Waals surface area contributed by atoms with E-state index in [9.17, 15) is 4.79 Å². The first kappa shape index (κ1) is 13.6. The Morgan fingerprint density at radius 3 is 2.90 bits per heavy atom. The Balaban J connectivity index is 1.65. The summed E-state index contributed by atoms with van der Waals surface area (Å²) in [5.74, 6) is 0.182. The van der Waals surface area contributed by atoms with Crippen molar-refractivity contribution in [3.8, 4) is 0 Å². The van der Waals surface area contributed by atoms with Gasteiger partial charge in [-0.05, 0) is 70.1 Å². The van der Waals surface area contributed by atoms with Crippen LogP contribution < -0.4 is 0 Å². The van der Waals surface area contributed by atoms with Crippen LogP contribution in [-0.2, 0) is 0 Å². The van der Waals surface area contributed by atoms with E-state index in [-0.39, 0.29) is 11.9 Å². The topological polar surface area (TPSA) is 25.2 Å². The zero-order valence-electron chi connectivity index (χ0n) is 11.7. The standard InChI is InChI=1S/C16H17BrN2OS/c17-12-8-15(19(9-12)13-3-4-13)16(20)18-6-1-2-14(18)11-5-7-21-10-11/h5,7-10,13-14H,1-4,6H2. The number of halogens is 1. The van der Waals surface area contributed by atoms with E-state index in [2.05, 4.69) is 48.4 Å². The lowest BCUT2D eigenvalue weighted by Gasteiger charge is -2.24. The summed E-state index contributed by atoms with van der Waals surface area (Å²) in [6.45, 7) is 0.868. The summed E-state index contributed by atoms with van der Waals surface area (Å²) in [6, 6.07) is 4.91. The van der Waals surface area contributed by atoms with Crippen molar-refractivity contribution in [1.29, 1.82) is 0 Å². The van der Waals surface area contributed by atoms with Gasteiger partial charge in [-0.2, -0.15) is 11.3 Å². The van der Waals surface area contributed by atoms with Crippen molar-refractivity contribution in [2.45, 2.75) is 37.8 Å². The van der Waals surface area contributed by atoms with Gasteiger partial charge < -0.3 is 9.47 Å². The summed E-state index contributed by atoms with van der Waals surface area (Å²) in [6.07, 6.45) is 6.61. The first-order valence-corrected chi connectivity index (χ1v) is 9.18. The van der Waals surface area contributed by atoms with E-state index < -0.39 is 0 Å². The molecule has 1 saturated heterocycles. The third-order valence-electron chi connectivity index (χ3n) is 4.42. The van der Waals surface area contributed by atoms with Gasteiger partial charge in [0.15, 0.2) is 0 Å². The minimum Gasteiger partial charge on any atom is -0.339 e. The van der Waals surface area contributed by atoms with Gasteiger partial charge in [0.2, 0.25) is 0 Å². The van der Waals surface area contributed by atoms with Gasteiger partial charge in [0.25, 0.3) is 5.91 Å². The van der Waals surface area contributed by atoms with Crippen molar-refractivity contribution >= 4 is 33.2 Å². The summed E-state index contributed by atoms with van der Waals surface area (Å²) in [7, 11) is 0. The van der Waals surface area contributed by atoms with E-state index in [4.69, 9.17) is 0 Å². The van der Waals surface area contributed by atoms with E-state index >= 15 is 0 Å². The van der Waals surface area contributed by atoms with E-state index in [1.165, 1.54) is 18.4 Å². The van der Waals surface area contributed by atoms with Crippen molar-refractivity contribution in [2.24, 2.45) is 0 Å². The maximum Gasteiger partial charge on any atom is 0.271 e. The highest BCUT2D eigenvalue weighted by molar-refractivity contribution is 9.10. The Kier molecular flexibility index (Phi) is 3.42. The molecule has 0 aromatic carbocycles. The predicted molar refractivity (Wildman–Crippen MR) is 87.7 cm³/mol. The molecule has 1 aliphatic carbocycles. The highest BCUT2D eigenvalue weighted by Crippen LogP contribution is 2.39. The number of hydrogen-bond donors (Lipinski definition) is 0. The second-order valence-electron chi connectivity index (χ2n) is 5.90. The molecule has 1 saturated carbocycles. The molecule has 2 aromatic heterocycles. The van der Waals surface area contributed by atoms with Crippen LogP contribution in [0.2, 0.25) is 0 Å². The van der Waals surface area contributed by atoms with E-state index in [1.54, 1.807) is 11.3 Å². The third kappa shape index (κ3) is 2.46. The normalized spacial score (nSPS) is 22.0. The fraction of sp³-hybridized carbons (Fsp3) is 0.438. The van der Waals surface area contributed by atoms with Crippen LogP contribution in [0.15, 0.2) is 33.6 Å². The van der Waals surface area contributed by atoms with Crippen LogP contribution in [0.3, 0.4) is 0 Å². The molecular weight excluding hydrogens is 348 g/mol. The summed E-state index contributed by atoms with van der Waals surface area (Å²) in [4.78, 5) is 15.1. The van der Waals surface area contributed by atoms with E-state index in [0.717, 1.165) is 29.6 Å². The molecular formula is C16H17BrN2OS. The molecule has 3 heterocycles. The molecule has 1 amide bonds. The highest BCUT2D eigenvalue weighted by atomic mass is 79.9. The molecule has 2 aliphatic rings. The molecule has 21 heavy (non-hydrogen) atoms. The Labute approximate surface area is 136 Å². The van der Waals surface area contributed by atoms with Crippen LogP contribution in [-0.4, -0.2) is 21.9 Å². The molecule has 2 aromatic rings. The maximum atomic E-state index is 13.0. The van der Waals surface area contributed by atoms with Crippen molar-refractivity contribution < 1.29 is 4.79 Å². The van der Waals surface area contributed by atoms with Gasteiger partial charge in [-0.1, -0.05) is 0 Å². The Morgan fingerprint density at radius 2 is 2.19 bits per heavy atom. The molecule has 1 aliphatic heterocycles. The molecule has 1 atom stereocenters. The van der Waals surface area contributed by atoms with Crippen LogP contribution >= 0.6 is 27.3 Å². The van der Waals surface area contributed by atoms with Gasteiger partial charge in [0, 0.05) is 23.3 Å². The first-order valence-electron chi connectivity index (χ1n) is 7.44. The van der Waals surface area contributed by atoms with Crippen molar-refractivity contribution in [2.75, 3.05) is 6.54 Å². The molecule has 0 radical (unpaired) electrons. The van der Waals surface area contributed by atoms with Gasteiger partial charge in [-0.15, -0.1) is 0 Å². The zero-order valence-corrected chi connectivity index (χ0v) is 14.1. The molecule has 3 nitrogen and oxygen atoms in total. The van der Waals surface area contributed by atoms with Crippen LogP contribution in [0.4, 0.5) is 0 Å². The van der Waals surface area contributed by atoms with Gasteiger partial charge in [0.05, 0.1) is 6.04 Å². The van der Waals surface area contributed by atoms with Crippen LogP contribution in [0.25, 0.3) is 0 Å². The van der Waals surface area contributed by atoms with Crippen molar-refractivity contribution in [1.82, 2.24) is 9.47 Å². The SMILES string of the molecule is O=C(c1cc(Br)cn1C1CC1)N1CCCC1c1ccsc1. The lowest BCUT2D eigenvalue weighted by atomic mass is 10.1. The maximum absolute atomic E-state index is 13.0. The minimum atomic E-state index is 0.182. The molecule has 0 spiro atoms. The number of nitrogens with zero attached hydrogens (tertiary/aromatic N) is 2. The third-order valence-corrected chi connectivity index (χ3v) is 5.55. The van der Waals surface area contributed by atoms with Crippen LogP contribution in [0, 0.1) is 0 Å². The molecule has 1 unspecified atom stereocenters. The first-order chi connectivity index (χ1) is 10.2. The second-order valence-corrected chi connectivity index (χ2v) is 7.59. The van der Waals surface area contributed by atoms with Crippen molar-refractivity contribution in [3.63, 3.8) is 0 Å². The smallest absolute Gasteiger partial charge is 0.271 e. The van der Waals surface area contributed by atoms with Crippen LogP contribution in [0.1, 0.15) is 53.8 Å². The van der Waals surface area contributed by atoms with Gasteiger partial charge in [0.1, 0.15) is 5.69 Å². The highest BCUT2D eigenvalue weighted by Gasteiger charge is 2.34. The molecule has 110 valence electrons. The van der Waals surface area contributed by atoms with E-state index in [0.29, 0.717) is 6.04 Å². The average Bonchev–Trinajstić information content (AvgIpc) is 2.93. The number of likely N-dealkylation sites (tertiary alicyclic amines) is 1. The fourth-order valence-electron chi connectivity index (χ4n) is 3.24. The summed E-state index contributed by atoms with van der Waals surface area (Å²) < 4.78 is 3.17. The number of aromatic nitrogens is 1. The number of rotatable bonds is 3. The molecule has 5 heteroatoms. The Hall–Kier alpha value is -1.07. The second kappa shape index (κ2) is 5.29. The molecule has 2 fully saturated rings. The van der Waals surface area contributed by atoms with Crippen molar-refractivity contribution in [3.05, 3.63) is 44.8 Å². The zero-order chi connectivity index (χ0) is 14.4. The summed E-state index contributed by atoms with van der Waals surface area (Å²) >= 11 is 5.23. The fourth-order valence-corrected chi connectivity index (χ4v) is 4.38. The number of carbonyl (C=O) groups is 1. The number of hydrogen-bond acceptors (Lipinski definition) is 2. The van der Waals surface area contributed by atoms with Gasteiger partial charge in [-0.25, -0.2) is 0 Å². The number of thiophene rings is 1. The lowest BCUT2D eigenvalue weighted by Crippen LogP contribution is -2.31. The minimum absolute atomic E-state index is 0.182. The quantitative estimate of drug-likeness (QED) is 0.779. The summed E-state index contributed by atoms with van der Waals surface area (Å²) in [5.41, 5.74) is 2.13. The monoisotopic (exact) mass is 364 g/mol. The lowest BCUT2D eigenvalue weighted by molar-refractivity contribution is 0.0724. The number of carbonyl (C=O) groups excluding carboxylic acids is 1. The molecule has 0 bridgehead atoms. The summed E-state index contributed by atoms with van der Waals surface area (Å²) in [5, 5.41) is 4.27. The van der Waals surface area contributed by atoms with Gasteiger partial charge in [-0.3, -0.25) is 4.79 Å². The molecule has 4 rings (SSSR count). The number of amides is 1. The van der Waals surface area contributed by atoms with E-state index in [1.807, 2.05) is 6.07 Å². The van der Waals surface area contributed by atoms with Crippen LogP contribution in [0.5, 0.6) is 0 Å². The predicted octanol–water partition coefficient (Wildman–Crippen LogP) is 4.62.